The van der Waals surface area contributed by atoms with E-state index in [4.69, 9.17) is 5.73 Å². The lowest BCUT2D eigenvalue weighted by Crippen LogP contribution is -1.97. The first-order chi connectivity index (χ1) is 4.33. The van der Waals surface area contributed by atoms with E-state index in [0.717, 1.165) is 12.1 Å². The monoisotopic (exact) mass is 122 g/mol. The number of dihydropyridines is 1. The van der Waals surface area contributed by atoms with Gasteiger partial charge in [0.2, 0.25) is 0 Å². The van der Waals surface area contributed by atoms with Crippen molar-refractivity contribution in [1.29, 1.82) is 0 Å². The van der Waals surface area contributed by atoms with Gasteiger partial charge in [-0.05, 0) is 6.92 Å². The second-order valence-corrected chi connectivity index (χ2v) is 2.13. The first kappa shape index (κ1) is 6.08. The zero-order valence-electron chi connectivity index (χ0n) is 5.46. The van der Waals surface area contributed by atoms with Crippen LogP contribution in [0, 0.1) is 0 Å². The van der Waals surface area contributed by atoms with E-state index in [2.05, 4.69) is 4.99 Å². The molecule has 0 radical (unpaired) electrons. The summed E-state index contributed by atoms with van der Waals surface area (Å²) in [5, 5.41) is 0. The summed E-state index contributed by atoms with van der Waals surface area (Å²) in [6, 6.07) is 0. The Morgan fingerprint density at radius 1 is 1.78 bits per heavy atom. The van der Waals surface area contributed by atoms with Gasteiger partial charge in [0.1, 0.15) is 0 Å². The molecule has 1 aliphatic rings. The van der Waals surface area contributed by atoms with Gasteiger partial charge in [0.05, 0.1) is 6.54 Å². The zero-order chi connectivity index (χ0) is 6.69. The molecule has 0 unspecified atom stereocenters. The van der Waals surface area contributed by atoms with Crippen LogP contribution in [0.2, 0.25) is 0 Å². The first-order valence-electron chi connectivity index (χ1n) is 2.92. The van der Waals surface area contributed by atoms with Crippen molar-refractivity contribution in [2.45, 2.75) is 6.92 Å². The van der Waals surface area contributed by atoms with Crippen LogP contribution in [0.25, 0.3) is 0 Å². The van der Waals surface area contributed by atoms with Crippen LogP contribution in [0.15, 0.2) is 28.4 Å². The maximum Gasteiger partial charge on any atom is 0.0600 e. The summed E-state index contributed by atoms with van der Waals surface area (Å²) >= 11 is 0. The molecule has 0 saturated heterocycles. The highest BCUT2D eigenvalue weighted by Gasteiger charge is 1.94. The van der Waals surface area contributed by atoms with E-state index >= 15 is 0 Å². The number of rotatable bonds is 0. The van der Waals surface area contributed by atoms with Gasteiger partial charge in [-0.1, -0.05) is 11.6 Å². The summed E-state index contributed by atoms with van der Waals surface area (Å²) in [6.45, 7) is 2.86. The molecule has 0 bridgehead atoms. The number of aliphatic imine (C=N–C) groups is 1. The predicted octanol–water partition coefficient (Wildman–Crippen LogP) is 0.860. The summed E-state index contributed by atoms with van der Waals surface area (Å²) < 4.78 is 0. The van der Waals surface area contributed by atoms with Crippen molar-refractivity contribution in [3.8, 4) is 0 Å². The van der Waals surface area contributed by atoms with E-state index in [0.29, 0.717) is 0 Å². The highest BCUT2D eigenvalue weighted by atomic mass is 14.7. The number of nitrogens with zero attached hydrogens (tertiary/aromatic N) is 1. The summed E-state index contributed by atoms with van der Waals surface area (Å²) in [6.07, 6.45) is 5.38. The molecule has 0 aromatic heterocycles. The Balaban J connectivity index is 2.78. The van der Waals surface area contributed by atoms with Crippen molar-refractivity contribution in [2.75, 3.05) is 6.54 Å². The minimum Gasteiger partial charge on any atom is -0.404 e. The Morgan fingerprint density at radius 3 is 3.00 bits per heavy atom. The minimum atomic E-state index is 0.817. The van der Waals surface area contributed by atoms with E-state index in [9.17, 15) is 0 Å². The molecule has 9 heavy (non-hydrogen) atoms. The smallest absolute Gasteiger partial charge is 0.0600 e. The van der Waals surface area contributed by atoms with Gasteiger partial charge >= 0.3 is 0 Å². The largest absolute Gasteiger partial charge is 0.404 e. The van der Waals surface area contributed by atoms with Crippen molar-refractivity contribution in [1.82, 2.24) is 0 Å². The second kappa shape index (κ2) is 2.49. The van der Waals surface area contributed by atoms with Gasteiger partial charge in [-0.25, -0.2) is 0 Å². The van der Waals surface area contributed by atoms with Gasteiger partial charge in [-0.3, -0.25) is 4.99 Å². The number of nitrogens with two attached hydrogens (primary N) is 1. The van der Waals surface area contributed by atoms with Gasteiger partial charge in [-0.15, -0.1) is 0 Å². The molecule has 1 rings (SSSR count). The molecule has 48 valence electrons. The number of hydrogen-bond acceptors (Lipinski definition) is 2. The molecule has 2 heteroatoms. The molecule has 0 atom stereocenters. The van der Waals surface area contributed by atoms with E-state index in [1.807, 2.05) is 13.0 Å². The summed E-state index contributed by atoms with van der Waals surface area (Å²) in [5.74, 6) is 0. The topological polar surface area (TPSA) is 38.4 Å². The fraction of sp³-hybridized carbons (Fsp3) is 0.286. The van der Waals surface area contributed by atoms with Crippen molar-refractivity contribution >= 4 is 6.21 Å². The van der Waals surface area contributed by atoms with Crippen molar-refractivity contribution in [3.63, 3.8) is 0 Å². The molecule has 2 nitrogen and oxygen atoms in total. The molecule has 1 heterocycles. The maximum atomic E-state index is 5.27. The number of hydrogen-bond donors (Lipinski definition) is 1. The van der Waals surface area contributed by atoms with Crippen LogP contribution in [0.3, 0.4) is 0 Å². The number of allylic oxidation sites excluding steroid dienone is 2. The van der Waals surface area contributed by atoms with Crippen LogP contribution in [-0.2, 0) is 0 Å². The van der Waals surface area contributed by atoms with Crippen LogP contribution in [0.1, 0.15) is 6.92 Å². The Hall–Kier alpha value is -1.05. The van der Waals surface area contributed by atoms with Crippen molar-refractivity contribution < 1.29 is 0 Å². The van der Waals surface area contributed by atoms with Gasteiger partial charge in [0.15, 0.2) is 0 Å². The third kappa shape index (κ3) is 1.42. The van der Waals surface area contributed by atoms with Crippen LogP contribution in [0.5, 0.6) is 0 Å². The standard InChI is InChI=1S/C7H10N2/c1-6-2-7(3-8)5-9-4-6/h2-3,5H,4,8H2,1H3. The van der Waals surface area contributed by atoms with E-state index in [1.54, 1.807) is 12.4 Å². The molecule has 0 fully saturated rings. The molecule has 2 N–H and O–H groups in total. The fourth-order valence-electron chi connectivity index (χ4n) is 0.754. The van der Waals surface area contributed by atoms with E-state index in [-0.39, 0.29) is 0 Å². The van der Waals surface area contributed by atoms with Gasteiger partial charge in [0, 0.05) is 18.0 Å². The van der Waals surface area contributed by atoms with Crippen LogP contribution < -0.4 is 5.73 Å². The third-order valence-corrected chi connectivity index (χ3v) is 1.19. The first-order valence-corrected chi connectivity index (χ1v) is 2.92. The molecular weight excluding hydrogens is 112 g/mol. The molecule has 0 aromatic carbocycles. The van der Waals surface area contributed by atoms with E-state index < -0.39 is 0 Å². The molecule has 0 aliphatic carbocycles. The molecule has 0 spiro atoms. The van der Waals surface area contributed by atoms with Gasteiger partial charge in [-0.2, -0.15) is 0 Å². The Labute approximate surface area is 54.8 Å². The lowest BCUT2D eigenvalue weighted by atomic mass is 10.1. The highest BCUT2D eigenvalue weighted by Crippen LogP contribution is 2.04. The average molecular weight is 122 g/mol. The average Bonchev–Trinajstić information content (AvgIpc) is 1.88. The summed E-state index contributed by atoms with van der Waals surface area (Å²) in [7, 11) is 0. The van der Waals surface area contributed by atoms with Crippen LogP contribution >= 0.6 is 0 Å². The Morgan fingerprint density at radius 2 is 2.56 bits per heavy atom. The maximum absolute atomic E-state index is 5.27. The quantitative estimate of drug-likeness (QED) is 0.508. The summed E-state index contributed by atoms with van der Waals surface area (Å²) in [5.41, 5.74) is 7.52. The third-order valence-electron chi connectivity index (χ3n) is 1.19. The Bertz CT molecular complexity index is 187. The lowest BCUT2D eigenvalue weighted by molar-refractivity contribution is 1.12. The minimum absolute atomic E-state index is 0.817. The molecule has 1 aliphatic heterocycles. The molecular formula is C7H10N2. The Kier molecular flexibility index (Phi) is 1.68. The predicted molar refractivity (Wildman–Crippen MR) is 39.4 cm³/mol. The lowest BCUT2D eigenvalue weighted by Gasteiger charge is -2.02. The van der Waals surface area contributed by atoms with E-state index in [1.165, 1.54) is 5.57 Å². The summed E-state index contributed by atoms with van der Waals surface area (Å²) in [4.78, 5) is 4.07. The second-order valence-electron chi connectivity index (χ2n) is 2.13. The van der Waals surface area contributed by atoms with Gasteiger partial charge < -0.3 is 5.73 Å². The molecule has 0 amide bonds. The van der Waals surface area contributed by atoms with Crippen molar-refractivity contribution in [3.05, 3.63) is 23.4 Å². The fourth-order valence-corrected chi connectivity index (χ4v) is 0.754. The molecule has 0 aromatic rings. The molecule has 0 saturated carbocycles. The van der Waals surface area contributed by atoms with Crippen molar-refractivity contribution in [2.24, 2.45) is 10.7 Å². The van der Waals surface area contributed by atoms with Crippen LogP contribution in [-0.4, -0.2) is 12.8 Å². The van der Waals surface area contributed by atoms with Crippen LogP contribution in [0.4, 0.5) is 0 Å². The highest BCUT2D eigenvalue weighted by molar-refractivity contribution is 5.83. The van der Waals surface area contributed by atoms with Gasteiger partial charge in [0.25, 0.3) is 0 Å². The normalized spacial score (nSPS) is 22.3. The zero-order valence-corrected chi connectivity index (χ0v) is 5.46. The SMILES string of the molecule is CC1=CC(=CN)C=NC1.